The summed E-state index contributed by atoms with van der Waals surface area (Å²) in [5, 5.41) is 6.98. The molecule has 0 aliphatic rings. The Balaban J connectivity index is 1.77. The van der Waals surface area contributed by atoms with Crippen LogP contribution in [0.4, 0.5) is 0 Å². The molecule has 1 N–H and O–H groups in total. The number of nitrogens with zero attached hydrogens (tertiary/aromatic N) is 4. The first-order valence-electron chi connectivity index (χ1n) is 6.99. The molecule has 23 heavy (non-hydrogen) atoms. The van der Waals surface area contributed by atoms with Crippen LogP contribution in [-0.4, -0.2) is 41.4 Å². The molecular weight excluding hydrogens is 373 g/mol. The van der Waals surface area contributed by atoms with Gasteiger partial charge in [-0.05, 0) is 0 Å². The third-order valence-corrected chi connectivity index (χ3v) is 6.51. The van der Waals surface area contributed by atoms with Crippen molar-refractivity contribution in [3.05, 3.63) is 41.7 Å². The second kappa shape index (κ2) is 7.06. The summed E-state index contributed by atoms with van der Waals surface area (Å²) in [6.45, 7) is 3.93. The molecule has 0 fully saturated rings. The summed E-state index contributed by atoms with van der Waals surface area (Å²) >= 11 is 1.52. The summed E-state index contributed by atoms with van der Waals surface area (Å²) in [6.07, 6.45) is 5.50. The maximum absolute atomic E-state index is 11.0. The average Bonchev–Trinajstić information content (AvgIpc) is 3.13. The topological polar surface area (TPSA) is 72.7 Å². The Kier molecular flexibility index (Phi) is 4.88. The van der Waals surface area contributed by atoms with E-state index in [9.17, 15) is 4.79 Å². The molecule has 0 saturated carbocycles. The van der Waals surface area contributed by atoms with Gasteiger partial charge >= 0.3 is 145 Å². The minimum atomic E-state index is -0.196. The standard InChI is InChI=1S/C15H15AsN5OS/c1-10-14(12-7-19-21(8-12)9-18-11(2)22)20-15(23-10)16-13-5-3-4-6-17-13/h3-8H,9H2,1-2H3,(H,18,22). The van der Waals surface area contributed by atoms with E-state index >= 15 is 0 Å². The number of carbonyl (C=O) groups is 1. The van der Waals surface area contributed by atoms with Crippen molar-refractivity contribution in [2.45, 2.75) is 20.5 Å². The Hall–Kier alpha value is -1.98. The number of hydrogen-bond donors (Lipinski definition) is 1. The number of hydrogen-bond acceptors (Lipinski definition) is 5. The summed E-state index contributed by atoms with van der Waals surface area (Å²) in [5.74, 6) is -0.0754. The van der Waals surface area contributed by atoms with Crippen LogP contribution >= 0.6 is 11.3 Å². The molecule has 3 rings (SSSR count). The van der Waals surface area contributed by atoms with Gasteiger partial charge in [-0.3, -0.25) is 0 Å². The molecule has 0 aromatic carbocycles. The quantitative estimate of drug-likeness (QED) is 0.645. The van der Waals surface area contributed by atoms with Crippen LogP contribution in [0.15, 0.2) is 36.8 Å². The maximum atomic E-state index is 11.0. The molecule has 6 nitrogen and oxygen atoms in total. The molecular formula is C15H15AsN5OS. The number of carbonyl (C=O) groups excluding carboxylic acids is 1. The number of amides is 1. The molecule has 0 bridgehead atoms. The van der Waals surface area contributed by atoms with Crippen molar-refractivity contribution in [3.8, 4) is 11.3 Å². The second-order valence-corrected chi connectivity index (χ2v) is 9.04. The fourth-order valence-corrected chi connectivity index (χ4v) is 5.66. The SMILES string of the molecule is CC(=O)NCn1cc(-c2nc([As]c3ccccn3)sc2C)cn1. The van der Waals surface area contributed by atoms with Gasteiger partial charge in [0.15, 0.2) is 0 Å². The van der Waals surface area contributed by atoms with E-state index in [1.807, 2.05) is 30.6 Å². The monoisotopic (exact) mass is 388 g/mol. The van der Waals surface area contributed by atoms with Crippen LogP contribution in [0.5, 0.6) is 0 Å². The summed E-state index contributed by atoms with van der Waals surface area (Å²) < 4.78 is 3.93. The minimum absolute atomic E-state index is 0.0754. The van der Waals surface area contributed by atoms with Gasteiger partial charge in [-0.1, -0.05) is 0 Å². The molecule has 3 aromatic rings. The summed E-state index contributed by atoms with van der Waals surface area (Å²) in [7, 11) is 0. The molecule has 0 spiro atoms. The first kappa shape index (κ1) is 15.9. The van der Waals surface area contributed by atoms with Crippen LogP contribution in [0.2, 0.25) is 0 Å². The van der Waals surface area contributed by atoms with Crippen LogP contribution in [0, 0.1) is 6.92 Å². The molecule has 117 valence electrons. The van der Waals surface area contributed by atoms with Crippen LogP contribution in [0.25, 0.3) is 11.3 Å². The Morgan fingerprint density at radius 3 is 3.04 bits per heavy atom. The van der Waals surface area contributed by atoms with E-state index in [2.05, 4.69) is 22.3 Å². The molecule has 0 aliphatic heterocycles. The van der Waals surface area contributed by atoms with Gasteiger partial charge in [0.25, 0.3) is 0 Å². The second-order valence-electron chi connectivity index (χ2n) is 4.86. The fourth-order valence-electron chi connectivity index (χ4n) is 1.98. The molecule has 0 unspecified atom stereocenters. The van der Waals surface area contributed by atoms with Crippen molar-refractivity contribution < 1.29 is 4.79 Å². The number of nitrogens with one attached hydrogen (secondary N) is 1. The predicted octanol–water partition coefficient (Wildman–Crippen LogP) is 0.459. The molecule has 3 aromatic heterocycles. The third kappa shape index (κ3) is 4.06. The normalized spacial score (nSPS) is 11.2. The summed E-state index contributed by atoms with van der Waals surface area (Å²) in [6, 6.07) is 5.97. The van der Waals surface area contributed by atoms with Crippen molar-refractivity contribution in [1.29, 1.82) is 0 Å². The van der Waals surface area contributed by atoms with E-state index in [0.717, 1.165) is 19.5 Å². The Bertz CT molecular complexity index is 814. The van der Waals surface area contributed by atoms with Crippen LogP contribution < -0.4 is 13.6 Å². The van der Waals surface area contributed by atoms with Crippen LogP contribution in [0.3, 0.4) is 0 Å². The van der Waals surface area contributed by atoms with Gasteiger partial charge in [0.05, 0.1) is 0 Å². The van der Waals surface area contributed by atoms with Crippen molar-refractivity contribution >= 4 is 41.3 Å². The van der Waals surface area contributed by atoms with E-state index in [4.69, 9.17) is 4.98 Å². The van der Waals surface area contributed by atoms with Gasteiger partial charge in [0.1, 0.15) is 0 Å². The molecule has 0 saturated heterocycles. The Labute approximate surface area is 144 Å². The van der Waals surface area contributed by atoms with Crippen molar-refractivity contribution in [2.75, 3.05) is 0 Å². The fraction of sp³-hybridized carbons (Fsp3) is 0.200. The number of thiazole rings is 1. The van der Waals surface area contributed by atoms with E-state index in [1.54, 1.807) is 22.2 Å². The zero-order valence-corrected chi connectivity index (χ0v) is 15.4. The molecule has 0 aliphatic carbocycles. The van der Waals surface area contributed by atoms with Crippen LogP contribution in [-0.2, 0) is 11.5 Å². The van der Waals surface area contributed by atoms with Gasteiger partial charge in [-0.15, -0.1) is 0 Å². The predicted molar refractivity (Wildman–Crippen MR) is 91.1 cm³/mol. The Morgan fingerprint density at radius 1 is 1.43 bits per heavy atom. The number of aryl methyl sites for hydroxylation is 1. The molecule has 1 amide bonds. The van der Waals surface area contributed by atoms with Gasteiger partial charge in [0.2, 0.25) is 0 Å². The number of aromatic nitrogens is 4. The average molecular weight is 388 g/mol. The van der Waals surface area contributed by atoms with Gasteiger partial charge in [-0.2, -0.15) is 0 Å². The van der Waals surface area contributed by atoms with Gasteiger partial charge in [0, 0.05) is 0 Å². The van der Waals surface area contributed by atoms with Crippen molar-refractivity contribution in [1.82, 2.24) is 25.1 Å². The summed E-state index contributed by atoms with van der Waals surface area (Å²) in [5.41, 5.74) is 1.93. The molecule has 3 heterocycles. The molecule has 1 radical (unpaired) electrons. The molecule has 0 atom stereocenters. The van der Waals surface area contributed by atoms with E-state index < -0.39 is 0 Å². The Morgan fingerprint density at radius 2 is 2.30 bits per heavy atom. The van der Waals surface area contributed by atoms with E-state index in [0.29, 0.717) is 6.67 Å². The number of pyridine rings is 1. The van der Waals surface area contributed by atoms with E-state index in [-0.39, 0.29) is 21.7 Å². The van der Waals surface area contributed by atoms with Gasteiger partial charge < -0.3 is 0 Å². The first-order chi connectivity index (χ1) is 11.1. The zero-order chi connectivity index (χ0) is 16.2. The van der Waals surface area contributed by atoms with E-state index in [1.165, 1.54) is 11.8 Å². The van der Waals surface area contributed by atoms with Gasteiger partial charge in [-0.25, -0.2) is 0 Å². The van der Waals surface area contributed by atoms with Crippen molar-refractivity contribution in [3.63, 3.8) is 0 Å². The third-order valence-electron chi connectivity index (χ3n) is 3.04. The zero-order valence-electron chi connectivity index (χ0n) is 12.7. The van der Waals surface area contributed by atoms with Crippen molar-refractivity contribution in [2.24, 2.45) is 0 Å². The number of rotatable bonds is 5. The summed E-state index contributed by atoms with van der Waals surface area (Å²) in [4.78, 5) is 21.3. The molecule has 8 heteroatoms. The van der Waals surface area contributed by atoms with Crippen LogP contribution in [0.1, 0.15) is 11.8 Å². The first-order valence-corrected chi connectivity index (χ1v) is 9.68.